The predicted molar refractivity (Wildman–Crippen MR) is 115 cm³/mol. The number of nitrogens with one attached hydrogen (secondary N) is 1. The molecule has 3 rings (SSSR count). The van der Waals surface area contributed by atoms with Crippen LogP contribution >= 0.6 is 0 Å². The van der Waals surface area contributed by atoms with Crippen LogP contribution in [0.3, 0.4) is 0 Å². The lowest BCUT2D eigenvalue weighted by Crippen LogP contribution is -2.13. The molecule has 1 N–H and O–H groups in total. The molecule has 1 aromatic heterocycles. The summed E-state index contributed by atoms with van der Waals surface area (Å²) in [6, 6.07) is 11.6. The van der Waals surface area contributed by atoms with E-state index in [-0.39, 0.29) is 24.5 Å². The maximum atomic E-state index is 12.1. The van der Waals surface area contributed by atoms with E-state index in [1.807, 2.05) is 0 Å². The van der Waals surface area contributed by atoms with E-state index in [2.05, 4.69) is 5.32 Å². The Bertz CT molecular complexity index is 1260. The number of anilines is 1. The Morgan fingerprint density at radius 2 is 1.97 bits per heavy atom. The first kappa shape index (κ1) is 22.2. The number of carbonyl (C=O) groups excluding carboxylic acids is 2. The van der Waals surface area contributed by atoms with Gasteiger partial charge in [-0.05, 0) is 30.7 Å². The lowest BCUT2D eigenvalue weighted by Gasteiger charge is -2.08. The monoisotopic (exact) mass is 438 g/mol. The molecule has 0 radical (unpaired) electrons. The second-order valence-corrected chi connectivity index (χ2v) is 6.44. The van der Waals surface area contributed by atoms with Crippen LogP contribution in [0.1, 0.15) is 18.1 Å². The zero-order chi connectivity index (χ0) is 23.1. The molecule has 3 aromatic rings. The largest absolute Gasteiger partial charge is 0.458 e. The highest BCUT2D eigenvalue weighted by Gasteiger charge is 2.10. The van der Waals surface area contributed by atoms with Gasteiger partial charge in [0.2, 0.25) is 0 Å². The molecule has 32 heavy (non-hydrogen) atoms. The van der Waals surface area contributed by atoms with Crippen LogP contribution in [-0.4, -0.2) is 23.6 Å². The number of non-ortho nitro benzene ring substituents is 1. The average Bonchev–Trinajstić information content (AvgIpc) is 2.76. The Morgan fingerprint density at radius 3 is 2.72 bits per heavy atom. The topological polar surface area (TPSA) is 138 Å². The molecular weight excluding hydrogens is 420 g/mol. The highest BCUT2D eigenvalue weighted by molar-refractivity contribution is 5.90. The number of esters is 1. The fourth-order valence-electron chi connectivity index (χ4n) is 2.82. The molecule has 0 aliphatic rings. The van der Waals surface area contributed by atoms with Gasteiger partial charge in [0, 0.05) is 47.0 Å². The third-order valence-electron chi connectivity index (χ3n) is 4.21. The van der Waals surface area contributed by atoms with E-state index in [4.69, 9.17) is 13.9 Å². The summed E-state index contributed by atoms with van der Waals surface area (Å²) in [6.07, 6.45) is 1.88. The van der Waals surface area contributed by atoms with Crippen molar-refractivity contribution in [1.29, 1.82) is 0 Å². The van der Waals surface area contributed by atoms with Gasteiger partial charge in [0.25, 0.3) is 5.69 Å². The van der Waals surface area contributed by atoms with Crippen molar-refractivity contribution >= 4 is 40.5 Å². The summed E-state index contributed by atoms with van der Waals surface area (Å²) in [5.74, 6) is -0.696. The van der Waals surface area contributed by atoms with Crippen LogP contribution in [0, 0.1) is 10.1 Å². The number of benzene rings is 2. The van der Waals surface area contributed by atoms with E-state index < -0.39 is 22.6 Å². The molecular formula is C22H18N2O8. The van der Waals surface area contributed by atoms with Gasteiger partial charge < -0.3 is 13.9 Å². The Morgan fingerprint density at radius 1 is 1.16 bits per heavy atom. The molecule has 10 heteroatoms. The number of fused-ring (bicyclic) bond motifs is 1. The zero-order valence-corrected chi connectivity index (χ0v) is 16.9. The molecule has 0 fully saturated rings. The summed E-state index contributed by atoms with van der Waals surface area (Å²) in [4.78, 5) is 45.8. The first-order valence-electron chi connectivity index (χ1n) is 9.45. The molecule has 0 bridgehead atoms. The van der Waals surface area contributed by atoms with E-state index >= 15 is 0 Å². The third kappa shape index (κ3) is 5.79. The number of nitro benzene ring substituents is 1. The molecule has 2 aromatic carbocycles. The molecule has 1 heterocycles. The summed E-state index contributed by atoms with van der Waals surface area (Å²) in [5, 5.41) is 13.8. The highest BCUT2D eigenvalue weighted by Crippen LogP contribution is 2.22. The average molecular weight is 438 g/mol. The van der Waals surface area contributed by atoms with Gasteiger partial charge >= 0.3 is 17.7 Å². The van der Waals surface area contributed by atoms with Crippen LogP contribution in [0.2, 0.25) is 0 Å². The van der Waals surface area contributed by atoms with Crippen LogP contribution in [0.25, 0.3) is 17.0 Å². The van der Waals surface area contributed by atoms with E-state index in [1.54, 1.807) is 25.1 Å². The summed E-state index contributed by atoms with van der Waals surface area (Å²) in [5.41, 5.74) is 0.696. The molecule has 164 valence electrons. The molecule has 0 saturated heterocycles. The Kier molecular flexibility index (Phi) is 6.96. The molecule has 0 spiro atoms. The normalized spacial score (nSPS) is 10.8. The molecule has 0 aliphatic heterocycles. The second kappa shape index (κ2) is 10.0. The lowest BCUT2D eigenvalue weighted by molar-refractivity contribution is -0.384. The standard InChI is InChI=1S/C22H18N2O8/c1-2-30-22(27)23-16-7-8-18-15(11-21(26)32-19(18)12-16)13-31-20(25)9-6-14-4-3-5-17(10-14)24(28)29/h3-12H,2,13H2,1H3,(H,23,27). The van der Waals surface area contributed by atoms with E-state index in [1.165, 1.54) is 36.4 Å². The third-order valence-corrected chi connectivity index (χ3v) is 4.21. The highest BCUT2D eigenvalue weighted by atomic mass is 16.6. The molecule has 1 amide bonds. The van der Waals surface area contributed by atoms with Crippen LogP contribution < -0.4 is 10.9 Å². The van der Waals surface area contributed by atoms with Crippen molar-refractivity contribution in [1.82, 2.24) is 0 Å². The Labute approximate surface area is 181 Å². The molecule has 0 atom stereocenters. The number of nitrogens with zero attached hydrogens (tertiary/aromatic N) is 1. The molecule has 0 unspecified atom stereocenters. The Hall–Kier alpha value is -4.47. The zero-order valence-electron chi connectivity index (χ0n) is 16.9. The maximum absolute atomic E-state index is 12.1. The smallest absolute Gasteiger partial charge is 0.411 e. The van der Waals surface area contributed by atoms with Crippen LogP contribution in [-0.2, 0) is 20.9 Å². The minimum Gasteiger partial charge on any atom is -0.458 e. The van der Waals surface area contributed by atoms with Crippen LogP contribution in [0.4, 0.5) is 16.2 Å². The Balaban J connectivity index is 1.72. The number of amides is 1. The lowest BCUT2D eigenvalue weighted by atomic mass is 10.1. The fraction of sp³-hybridized carbons (Fsp3) is 0.136. The summed E-state index contributed by atoms with van der Waals surface area (Å²) in [6.45, 7) is 1.68. The van der Waals surface area contributed by atoms with Gasteiger partial charge in [0.05, 0.1) is 11.5 Å². The van der Waals surface area contributed by atoms with Crippen molar-refractivity contribution in [2.75, 3.05) is 11.9 Å². The maximum Gasteiger partial charge on any atom is 0.411 e. The van der Waals surface area contributed by atoms with E-state index in [0.717, 1.165) is 6.08 Å². The number of carbonyl (C=O) groups is 2. The van der Waals surface area contributed by atoms with Crippen LogP contribution in [0.15, 0.2) is 63.8 Å². The summed E-state index contributed by atoms with van der Waals surface area (Å²) < 4.78 is 15.2. The molecule has 10 nitrogen and oxygen atoms in total. The summed E-state index contributed by atoms with van der Waals surface area (Å²) in [7, 11) is 0. The second-order valence-electron chi connectivity index (χ2n) is 6.44. The predicted octanol–water partition coefficient (Wildman–Crippen LogP) is 4.03. The van der Waals surface area contributed by atoms with E-state index in [0.29, 0.717) is 22.2 Å². The number of hydrogen-bond acceptors (Lipinski definition) is 8. The van der Waals surface area contributed by atoms with Gasteiger partial charge in [-0.1, -0.05) is 12.1 Å². The number of nitro groups is 1. The minimum absolute atomic E-state index is 0.0974. The van der Waals surface area contributed by atoms with Gasteiger partial charge in [-0.25, -0.2) is 14.4 Å². The van der Waals surface area contributed by atoms with Gasteiger partial charge in [-0.3, -0.25) is 15.4 Å². The van der Waals surface area contributed by atoms with Crippen molar-refractivity contribution in [2.45, 2.75) is 13.5 Å². The van der Waals surface area contributed by atoms with Gasteiger partial charge in [0.1, 0.15) is 12.2 Å². The summed E-state index contributed by atoms with van der Waals surface area (Å²) >= 11 is 0. The molecule has 0 saturated carbocycles. The number of ether oxygens (including phenoxy) is 2. The minimum atomic E-state index is -0.696. The number of rotatable bonds is 7. The quantitative estimate of drug-likeness (QED) is 0.192. The van der Waals surface area contributed by atoms with Crippen LogP contribution in [0.5, 0.6) is 0 Å². The first-order chi connectivity index (χ1) is 15.4. The van der Waals surface area contributed by atoms with Gasteiger partial charge in [-0.15, -0.1) is 0 Å². The van der Waals surface area contributed by atoms with Crippen molar-refractivity contribution < 1.29 is 28.4 Å². The number of hydrogen-bond donors (Lipinski definition) is 1. The van der Waals surface area contributed by atoms with Crippen molar-refractivity contribution in [2.24, 2.45) is 0 Å². The first-order valence-corrected chi connectivity index (χ1v) is 9.45. The van der Waals surface area contributed by atoms with Crippen molar-refractivity contribution in [3.8, 4) is 0 Å². The van der Waals surface area contributed by atoms with Gasteiger partial charge in [0.15, 0.2) is 0 Å². The molecule has 0 aliphatic carbocycles. The van der Waals surface area contributed by atoms with Crippen molar-refractivity contribution in [3.63, 3.8) is 0 Å². The SMILES string of the molecule is CCOC(=O)Nc1ccc2c(COC(=O)C=Cc3cccc([N+](=O)[O-])c3)cc(=O)oc2c1. The van der Waals surface area contributed by atoms with Gasteiger partial charge in [-0.2, -0.15) is 0 Å². The van der Waals surface area contributed by atoms with Crippen molar-refractivity contribution in [3.05, 3.63) is 86.3 Å². The fourth-order valence-corrected chi connectivity index (χ4v) is 2.82. The van der Waals surface area contributed by atoms with E-state index in [9.17, 15) is 24.5 Å².